The first-order valence-electron chi connectivity index (χ1n) is 4.60. The zero-order valence-corrected chi connectivity index (χ0v) is 9.98. The molecule has 1 nitrogen and oxygen atoms in total. The van der Waals surface area contributed by atoms with E-state index in [-0.39, 0.29) is 17.1 Å². The van der Waals surface area contributed by atoms with E-state index in [4.69, 9.17) is 0 Å². The van der Waals surface area contributed by atoms with Crippen LogP contribution in [-0.2, 0) is 17.1 Å². The zero-order valence-electron chi connectivity index (χ0n) is 8.88. The van der Waals surface area contributed by atoms with E-state index < -0.39 is 0 Å². The number of carbonyl (C=O) groups excluding carboxylic acids is 1. The molecule has 2 aromatic rings. The predicted octanol–water partition coefficient (Wildman–Crippen LogP) is 3.24. The molecule has 0 aliphatic rings. The molecule has 0 unspecified atom stereocenters. The van der Waals surface area contributed by atoms with Crippen LogP contribution >= 0.6 is 0 Å². The van der Waals surface area contributed by atoms with Crippen LogP contribution in [0, 0.1) is 13.8 Å². The van der Waals surface area contributed by atoms with Crippen molar-refractivity contribution < 1.29 is 21.9 Å². The van der Waals surface area contributed by atoms with Crippen LogP contribution in [0.15, 0.2) is 42.5 Å². The van der Waals surface area contributed by atoms with E-state index in [1.807, 2.05) is 12.1 Å². The van der Waals surface area contributed by atoms with E-state index in [1.54, 1.807) is 12.1 Å². The Hall–Kier alpha value is -1.11. The number of rotatable bonds is 1. The molecule has 0 amide bonds. The number of aryl methyl sites for hydroxylation is 2. The van der Waals surface area contributed by atoms with Gasteiger partial charge in [-0.2, -0.15) is 17.2 Å². The Morgan fingerprint density at radius 3 is 2.13 bits per heavy atom. The molecule has 0 saturated heterocycles. The molecule has 0 radical (unpaired) electrons. The number of carbonyl (C=O) groups is 1. The van der Waals surface area contributed by atoms with Gasteiger partial charge in [0, 0.05) is 17.1 Å². The van der Waals surface area contributed by atoms with Crippen molar-refractivity contribution in [2.45, 2.75) is 13.8 Å². The summed E-state index contributed by atoms with van der Waals surface area (Å²) in [7, 11) is 0. The van der Waals surface area contributed by atoms with E-state index in [2.05, 4.69) is 32.0 Å². The summed E-state index contributed by atoms with van der Waals surface area (Å²) in [6.45, 7) is 4.24. The fourth-order valence-electron chi connectivity index (χ4n) is 1.07. The first kappa shape index (κ1) is 13.9. The summed E-state index contributed by atoms with van der Waals surface area (Å²) in [5, 5.41) is 0. The van der Waals surface area contributed by atoms with Crippen molar-refractivity contribution in [3.8, 4) is 0 Å². The molecule has 86 valence electrons. The molecule has 2 aromatic carbocycles. The van der Waals surface area contributed by atoms with E-state index in [0.717, 1.165) is 11.8 Å². The predicted molar refractivity (Wildman–Crippen MR) is 58.9 cm³/mol. The third-order valence-corrected chi connectivity index (χ3v) is 2.14. The number of hydrogen-bond acceptors (Lipinski definition) is 1. The molecule has 0 fully saturated rings. The molecule has 0 aromatic heterocycles. The number of hydrogen-bond donors (Lipinski definition) is 0. The molecule has 0 N–H and O–H groups in total. The summed E-state index contributed by atoms with van der Waals surface area (Å²) in [4.78, 5) is 9.87. The third kappa shape index (κ3) is 4.78. The second-order valence-electron chi connectivity index (χ2n) is 3.23. The van der Waals surface area contributed by atoms with Gasteiger partial charge in [0.2, 0.25) is 0 Å². The smallest absolute Gasteiger partial charge is 0 e. The first-order chi connectivity index (χ1) is 6.74. The van der Waals surface area contributed by atoms with Crippen molar-refractivity contribution in [1.29, 1.82) is 0 Å². The average Bonchev–Trinajstić information content (AvgIpc) is 2.80. The Morgan fingerprint density at radius 1 is 1.33 bits per heavy atom. The maximum atomic E-state index is 9.87. The molecule has 0 heterocycles. The minimum atomic E-state index is 0. The van der Waals surface area contributed by atoms with E-state index in [0.29, 0.717) is 0 Å². The largest absolute Gasteiger partial charge is 0.721 e. The zero-order chi connectivity index (χ0) is 10.4. The van der Waals surface area contributed by atoms with Crippen LogP contribution in [0.3, 0.4) is 0 Å². The average molecular weight is 242 g/mol. The molecule has 0 aliphatic heterocycles. The third-order valence-electron chi connectivity index (χ3n) is 2.14. The first-order valence-corrected chi connectivity index (χ1v) is 4.60. The fourth-order valence-corrected chi connectivity index (χ4v) is 1.07. The van der Waals surface area contributed by atoms with Gasteiger partial charge >= 0.3 is 0 Å². The monoisotopic (exact) mass is 242 g/mol. The van der Waals surface area contributed by atoms with Gasteiger partial charge in [-0.25, -0.2) is 12.1 Å². The van der Waals surface area contributed by atoms with Crippen molar-refractivity contribution in [2.75, 3.05) is 0 Å². The molecule has 2 rings (SSSR count). The molecule has 2 heteroatoms. The van der Waals surface area contributed by atoms with Gasteiger partial charge in [-0.05, 0) is 0 Å². The Bertz CT molecular complexity index is 354. The molecule has 0 bridgehead atoms. The van der Waals surface area contributed by atoms with Gasteiger partial charge in [-0.15, -0.1) is 0 Å². The molecule has 15 heavy (non-hydrogen) atoms. The Kier molecular flexibility index (Phi) is 6.68. The minimum absolute atomic E-state index is 0. The van der Waals surface area contributed by atoms with Gasteiger partial charge in [-0.1, -0.05) is 13.8 Å². The van der Waals surface area contributed by atoms with Gasteiger partial charge in [0.15, 0.2) is 0 Å². The summed E-state index contributed by atoms with van der Waals surface area (Å²) in [6, 6.07) is 13.5. The van der Waals surface area contributed by atoms with Crippen LogP contribution in [-0.4, -0.2) is 6.29 Å². The Balaban J connectivity index is 0.000000245. The van der Waals surface area contributed by atoms with Crippen LogP contribution in [0.25, 0.3) is 0 Å². The van der Waals surface area contributed by atoms with Crippen LogP contribution in [0.5, 0.6) is 0 Å². The summed E-state index contributed by atoms with van der Waals surface area (Å²) in [6.07, 6.45) is 0.833. The van der Waals surface area contributed by atoms with Gasteiger partial charge in [0.1, 0.15) is 0 Å². The van der Waals surface area contributed by atoms with Crippen molar-refractivity contribution in [3.05, 3.63) is 59.2 Å². The van der Waals surface area contributed by atoms with Gasteiger partial charge < -0.3 is 34.6 Å². The van der Waals surface area contributed by atoms with Crippen molar-refractivity contribution in [3.63, 3.8) is 0 Å². The maximum absolute atomic E-state index is 9.87. The Morgan fingerprint density at radius 2 is 1.93 bits per heavy atom. The quantitative estimate of drug-likeness (QED) is 0.426. The van der Waals surface area contributed by atoms with Crippen LogP contribution in [0.4, 0.5) is 0 Å². The normalized spacial score (nSPS) is 8.40. The van der Waals surface area contributed by atoms with Crippen LogP contribution < -0.4 is 0 Å². The van der Waals surface area contributed by atoms with Crippen LogP contribution in [0.2, 0.25) is 0 Å². The van der Waals surface area contributed by atoms with Gasteiger partial charge in [0.05, 0.1) is 0 Å². The van der Waals surface area contributed by atoms with Crippen molar-refractivity contribution in [2.24, 2.45) is 0 Å². The van der Waals surface area contributed by atoms with Crippen LogP contribution in [0.1, 0.15) is 21.5 Å². The topological polar surface area (TPSA) is 17.1 Å². The van der Waals surface area contributed by atoms with Crippen molar-refractivity contribution in [1.82, 2.24) is 0 Å². The second kappa shape index (κ2) is 7.22. The van der Waals surface area contributed by atoms with Crippen molar-refractivity contribution >= 4 is 6.29 Å². The van der Waals surface area contributed by atoms with Gasteiger partial charge in [-0.3, -0.25) is 6.29 Å². The van der Waals surface area contributed by atoms with Gasteiger partial charge in [0.25, 0.3) is 0 Å². The van der Waals surface area contributed by atoms with E-state index in [9.17, 15) is 4.79 Å². The summed E-state index contributed by atoms with van der Waals surface area (Å²) < 4.78 is 0. The minimum Gasteiger partial charge on any atom is -0.721 e. The van der Waals surface area contributed by atoms with E-state index in [1.165, 1.54) is 11.1 Å². The fraction of sp³-hybridized carbons (Fsp3) is 0.154. The molecule has 0 saturated carbocycles. The summed E-state index contributed by atoms with van der Waals surface area (Å²) in [5.41, 5.74) is 3.53. The second-order valence-corrected chi connectivity index (χ2v) is 3.23. The maximum Gasteiger partial charge on any atom is 0 e. The SMILES string of the molecule is Cc1ccc[c-]1C.O=C[c-]1[cH-][cH-][cH-][cH-]1.[Fe]. The molecule has 0 spiro atoms. The molecule has 0 aliphatic carbocycles. The van der Waals surface area contributed by atoms with E-state index >= 15 is 0 Å². The standard InChI is InChI=1S/C7H9.C6H5O.Fe/c1-6-4-3-5-7(6)2;7-5-6-3-1-2-4-6;/h3-5H,1-2H3;1-5H;/q-1;-5;. The summed E-state index contributed by atoms with van der Waals surface area (Å²) >= 11 is 0. The molecule has 0 atom stereocenters. The Labute approximate surface area is 101 Å². The molecular weight excluding hydrogens is 228 g/mol. The summed E-state index contributed by atoms with van der Waals surface area (Å²) in [5.74, 6) is 0. The number of aldehydes is 1. The molecular formula is C13H14FeO-6.